The number of aromatic hydroxyl groups is 1. The van der Waals surface area contributed by atoms with Crippen LogP contribution in [0.3, 0.4) is 0 Å². The molecule has 1 saturated heterocycles. The summed E-state index contributed by atoms with van der Waals surface area (Å²) in [5.74, 6) is 0.910. The molecule has 3 rings (SSSR count). The molecule has 0 amide bonds. The number of hydrogen-bond acceptors (Lipinski definition) is 6. The molecule has 0 unspecified atom stereocenters. The Bertz CT molecular complexity index is 810. The zero-order valence-corrected chi connectivity index (χ0v) is 15.0. The molecule has 1 radical (unpaired) electrons. The van der Waals surface area contributed by atoms with E-state index in [1.165, 1.54) is 0 Å². The number of piperidine rings is 1. The highest BCUT2D eigenvalue weighted by atomic mass is 16.3. The summed E-state index contributed by atoms with van der Waals surface area (Å²) in [5, 5.41) is 9.73. The van der Waals surface area contributed by atoms with E-state index in [2.05, 4.69) is 14.9 Å². The lowest BCUT2D eigenvalue weighted by Gasteiger charge is -2.33. The summed E-state index contributed by atoms with van der Waals surface area (Å²) in [6.07, 6.45) is 4.35. The Morgan fingerprint density at radius 1 is 1.23 bits per heavy atom. The van der Waals surface area contributed by atoms with E-state index < -0.39 is 0 Å². The molecule has 26 heavy (non-hydrogen) atoms. The topological polar surface area (TPSA) is 83.4 Å². The lowest BCUT2D eigenvalue weighted by atomic mass is 9.92. The molecular formula is C20H22N3O3. The number of benzene rings is 1. The normalized spacial score (nSPS) is 15.1. The van der Waals surface area contributed by atoms with Crippen molar-refractivity contribution in [3.05, 3.63) is 47.0 Å². The van der Waals surface area contributed by atoms with Gasteiger partial charge in [-0.2, -0.15) is 0 Å². The summed E-state index contributed by atoms with van der Waals surface area (Å²) in [6.45, 7) is 5.08. The second kappa shape index (κ2) is 7.64. The molecule has 2 heterocycles. The summed E-state index contributed by atoms with van der Waals surface area (Å²) in [7, 11) is 0. The molecule has 2 aromatic rings. The van der Waals surface area contributed by atoms with E-state index in [0.29, 0.717) is 23.9 Å². The van der Waals surface area contributed by atoms with Crippen LogP contribution in [0.4, 0.5) is 5.69 Å². The van der Waals surface area contributed by atoms with E-state index in [1.807, 2.05) is 24.3 Å². The van der Waals surface area contributed by atoms with Crippen LogP contribution in [0.2, 0.25) is 0 Å². The fourth-order valence-corrected chi connectivity index (χ4v) is 3.35. The molecule has 6 nitrogen and oxygen atoms in total. The number of carbonyl (C=O) groups is 1. The predicted octanol–water partition coefficient (Wildman–Crippen LogP) is 2.61. The summed E-state index contributed by atoms with van der Waals surface area (Å²) >= 11 is 0. The Morgan fingerprint density at radius 2 is 1.88 bits per heavy atom. The Morgan fingerprint density at radius 3 is 2.46 bits per heavy atom. The first kappa shape index (κ1) is 18.0. The number of ketones is 1. The van der Waals surface area contributed by atoms with Gasteiger partial charge in [-0.15, -0.1) is 0 Å². The van der Waals surface area contributed by atoms with Gasteiger partial charge in [0.2, 0.25) is 0 Å². The first-order valence-corrected chi connectivity index (χ1v) is 8.78. The van der Waals surface area contributed by atoms with Crippen LogP contribution >= 0.6 is 0 Å². The van der Waals surface area contributed by atoms with Gasteiger partial charge in [0.25, 0.3) is 6.29 Å². The van der Waals surface area contributed by atoms with Gasteiger partial charge in [-0.25, -0.2) is 9.97 Å². The number of aromatic nitrogens is 2. The molecule has 1 aliphatic heterocycles. The summed E-state index contributed by atoms with van der Waals surface area (Å²) in [5.41, 5.74) is 2.21. The van der Waals surface area contributed by atoms with Gasteiger partial charge in [0, 0.05) is 30.8 Å². The standard InChI is InChI=1S/C20H22N3O3/c1-13-20(26)18(12-24)22-19(21-13)11-15-7-9-23(10-8-15)17-5-3-16(4-6-17)14(2)25/h3-6,15,26H,7-11H2,1-2H3. The highest BCUT2D eigenvalue weighted by Gasteiger charge is 2.22. The van der Waals surface area contributed by atoms with Crippen molar-refractivity contribution in [1.82, 2.24) is 9.97 Å². The van der Waals surface area contributed by atoms with Gasteiger partial charge in [0.05, 0.1) is 5.69 Å². The third-order valence-electron chi connectivity index (χ3n) is 4.93. The molecule has 0 bridgehead atoms. The molecule has 0 aliphatic carbocycles. The zero-order chi connectivity index (χ0) is 18.7. The van der Waals surface area contributed by atoms with E-state index in [-0.39, 0.29) is 17.2 Å². The van der Waals surface area contributed by atoms with Gasteiger partial charge >= 0.3 is 0 Å². The second-order valence-electron chi connectivity index (χ2n) is 6.76. The highest BCUT2D eigenvalue weighted by Crippen LogP contribution is 2.26. The average Bonchev–Trinajstić information content (AvgIpc) is 2.65. The zero-order valence-electron chi connectivity index (χ0n) is 15.0. The van der Waals surface area contributed by atoms with Crippen molar-refractivity contribution in [2.24, 2.45) is 5.92 Å². The SMILES string of the molecule is CC(=O)c1ccc(N2CCC(Cc3nc(C)c(O)c([C]=O)n3)CC2)cc1. The Kier molecular flexibility index (Phi) is 5.30. The third kappa shape index (κ3) is 3.90. The van der Waals surface area contributed by atoms with E-state index in [4.69, 9.17) is 0 Å². The molecule has 1 aromatic heterocycles. The number of anilines is 1. The van der Waals surface area contributed by atoms with Crippen LogP contribution in [0, 0.1) is 12.8 Å². The minimum atomic E-state index is -0.187. The van der Waals surface area contributed by atoms with Crippen LogP contribution in [0.1, 0.15) is 47.3 Å². The molecular weight excluding hydrogens is 330 g/mol. The fourth-order valence-electron chi connectivity index (χ4n) is 3.35. The quantitative estimate of drug-likeness (QED) is 0.833. The van der Waals surface area contributed by atoms with Crippen LogP contribution in [0.25, 0.3) is 0 Å². The molecule has 1 N–H and O–H groups in total. The van der Waals surface area contributed by atoms with Gasteiger partial charge in [-0.3, -0.25) is 9.59 Å². The van der Waals surface area contributed by atoms with Crippen molar-refractivity contribution in [2.75, 3.05) is 18.0 Å². The maximum absolute atomic E-state index is 11.4. The lowest BCUT2D eigenvalue weighted by Crippen LogP contribution is -2.34. The number of hydrogen-bond donors (Lipinski definition) is 1. The monoisotopic (exact) mass is 352 g/mol. The van der Waals surface area contributed by atoms with Gasteiger partial charge in [0.15, 0.2) is 17.2 Å². The van der Waals surface area contributed by atoms with Crippen molar-refractivity contribution < 1.29 is 14.7 Å². The Balaban J connectivity index is 1.61. The van der Waals surface area contributed by atoms with Crippen LogP contribution in [0.5, 0.6) is 5.75 Å². The smallest absolute Gasteiger partial charge is 0.257 e. The molecule has 0 saturated carbocycles. The fraction of sp³-hybridized carbons (Fsp3) is 0.400. The van der Waals surface area contributed by atoms with Crippen molar-refractivity contribution in [3.8, 4) is 5.75 Å². The number of nitrogens with zero attached hydrogens (tertiary/aromatic N) is 3. The van der Waals surface area contributed by atoms with E-state index in [9.17, 15) is 14.7 Å². The molecule has 6 heteroatoms. The maximum Gasteiger partial charge on any atom is 0.257 e. The van der Waals surface area contributed by atoms with Crippen LogP contribution in [-0.2, 0) is 11.2 Å². The van der Waals surface area contributed by atoms with E-state index >= 15 is 0 Å². The van der Waals surface area contributed by atoms with Crippen LogP contribution in [0.15, 0.2) is 24.3 Å². The van der Waals surface area contributed by atoms with E-state index in [0.717, 1.165) is 37.2 Å². The van der Waals surface area contributed by atoms with E-state index in [1.54, 1.807) is 20.1 Å². The van der Waals surface area contributed by atoms with Gasteiger partial charge in [0.1, 0.15) is 5.82 Å². The Hall–Kier alpha value is -2.76. The number of carbonyl (C=O) groups excluding carboxylic acids is 2. The predicted molar refractivity (Wildman–Crippen MR) is 98.3 cm³/mol. The molecule has 1 aromatic carbocycles. The first-order valence-electron chi connectivity index (χ1n) is 8.78. The minimum absolute atomic E-state index is 0.0597. The molecule has 0 atom stereocenters. The van der Waals surface area contributed by atoms with Gasteiger partial charge < -0.3 is 10.0 Å². The van der Waals surface area contributed by atoms with Crippen molar-refractivity contribution in [3.63, 3.8) is 0 Å². The molecule has 1 aliphatic rings. The highest BCUT2D eigenvalue weighted by molar-refractivity contribution is 5.94. The molecule has 135 valence electrons. The van der Waals surface area contributed by atoms with Crippen molar-refractivity contribution in [2.45, 2.75) is 33.1 Å². The van der Waals surface area contributed by atoms with Gasteiger partial charge in [-0.1, -0.05) is 0 Å². The maximum atomic E-state index is 11.4. The number of Topliss-reactive ketones (excluding diaryl/α,β-unsaturated/α-hetero) is 1. The first-order chi connectivity index (χ1) is 12.5. The lowest BCUT2D eigenvalue weighted by molar-refractivity contribution is 0.101. The van der Waals surface area contributed by atoms with Crippen LogP contribution < -0.4 is 4.90 Å². The summed E-state index contributed by atoms with van der Waals surface area (Å²) < 4.78 is 0. The average molecular weight is 352 g/mol. The van der Waals surface area contributed by atoms with Gasteiger partial charge in [-0.05, 0) is 56.9 Å². The molecule has 0 spiro atoms. The van der Waals surface area contributed by atoms with Crippen LogP contribution in [-0.4, -0.2) is 40.2 Å². The third-order valence-corrected chi connectivity index (χ3v) is 4.93. The molecule has 1 fully saturated rings. The number of rotatable bonds is 5. The van der Waals surface area contributed by atoms with Crippen molar-refractivity contribution in [1.29, 1.82) is 0 Å². The van der Waals surface area contributed by atoms with Crippen molar-refractivity contribution >= 4 is 17.8 Å². The minimum Gasteiger partial charge on any atom is -0.504 e. The number of aryl methyl sites for hydroxylation is 1. The summed E-state index contributed by atoms with van der Waals surface area (Å²) in [6, 6.07) is 7.73. The Labute approximate surface area is 152 Å². The summed E-state index contributed by atoms with van der Waals surface area (Å²) in [4.78, 5) is 33.0. The largest absolute Gasteiger partial charge is 0.504 e. The second-order valence-corrected chi connectivity index (χ2v) is 6.76.